The van der Waals surface area contributed by atoms with Crippen LogP contribution in [0.4, 0.5) is 0 Å². The average molecular weight is 335 g/mol. The molecule has 0 aliphatic carbocycles. The Morgan fingerprint density at radius 2 is 2.20 bits per heavy atom. The fourth-order valence-electron chi connectivity index (χ4n) is 1.69. The maximum absolute atomic E-state index is 11.9. The molecule has 0 aliphatic rings. The van der Waals surface area contributed by atoms with Crippen molar-refractivity contribution >= 4 is 21.8 Å². The summed E-state index contributed by atoms with van der Waals surface area (Å²) >= 11 is 3.28. The first-order valence-corrected chi connectivity index (χ1v) is 7.10. The number of pyridine rings is 1. The molecular formula is C15H15BrN2O2. The van der Waals surface area contributed by atoms with Crippen molar-refractivity contribution in [3.8, 4) is 5.75 Å². The predicted molar refractivity (Wildman–Crippen MR) is 80.7 cm³/mol. The molecule has 0 aliphatic heterocycles. The minimum absolute atomic E-state index is 0.195. The van der Waals surface area contributed by atoms with Crippen molar-refractivity contribution in [2.75, 3.05) is 6.61 Å². The number of hydrogen-bond acceptors (Lipinski definition) is 3. The molecule has 0 fully saturated rings. The van der Waals surface area contributed by atoms with E-state index in [1.165, 1.54) is 0 Å². The normalized spacial score (nSPS) is 10.1. The number of amides is 1. The van der Waals surface area contributed by atoms with Gasteiger partial charge >= 0.3 is 0 Å². The Morgan fingerprint density at radius 1 is 1.35 bits per heavy atom. The molecule has 104 valence electrons. The fourth-order valence-corrected chi connectivity index (χ4v) is 1.93. The van der Waals surface area contributed by atoms with Crippen molar-refractivity contribution in [2.24, 2.45) is 0 Å². The summed E-state index contributed by atoms with van der Waals surface area (Å²) in [7, 11) is 0. The zero-order valence-electron chi connectivity index (χ0n) is 11.1. The van der Waals surface area contributed by atoms with Gasteiger partial charge in [-0.25, -0.2) is 4.98 Å². The molecule has 0 saturated carbocycles. The summed E-state index contributed by atoms with van der Waals surface area (Å²) in [6, 6.07) is 11.1. The van der Waals surface area contributed by atoms with Gasteiger partial charge in [0.2, 0.25) is 0 Å². The van der Waals surface area contributed by atoms with Gasteiger partial charge in [-0.1, -0.05) is 12.1 Å². The number of nitrogens with one attached hydrogen (secondary N) is 1. The van der Waals surface area contributed by atoms with Crippen LogP contribution in [0.25, 0.3) is 0 Å². The lowest BCUT2D eigenvalue weighted by atomic mass is 10.2. The summed E-state index contributed by atoms with van der Waals surface area (Å²) in [4.78, 5) is 16.0. The van der Waals surface area contributed by atoms with Crippen LogP contribution in [0.2, 0.25) is 0 Å². The summed E-state index contributed by atoms with van der Waals surface area (Å²) in [5.74, 6) is 0.611. The Hall–Kier alpha value is -1.88. The second kappa shape index (κ2) is 7.05. The van der Waals surface area contributed by atoms with Crippen LogP contribution in [0.5, 0.6) is 5.75 Å². The lowest BCUT2D eigenvalue weighted by Gasteiger charge is -2.07. The van der Waals surface area contributed by atoms with Gasteiger partial charge in [-0.05, 0) is 52.7 Å². The SMILES string of the molecule is CCOc1cccc(CNC(=O)c2ccc(Br)cn2)c1. The molecule has 1 N–H and O–H groups in total. The van der Waals surface area contributed by atoms with Gasteiger partial charge in [0.05, 0.1) is 6.61 Å². The third kappa shape index (κ3) is 4.06. The Morgan fingerprint density at radius 3 is 2.90 bits per heavy atom. The zero-order valence-corrected chi connectivity index (χ0v) is 12.7. The zero-order chi connectivity index (χ0) is 14.4. The van der Waals surface area contributed by atoms with E-state index in [1.807, 2.05) is 31.2 Å². The second-order valence-corrected chi connectivity index (χ2v) is 5.04. The standard InChI is InChI=1S/C15H15BrN2O2/c1-2-20-13-5-3-4-11(8-13)9-18-15(19)14-7-6-12(16)10-17-14/h3-8,10H,2,9H2,1H3,(H,18,19). The smallest absolute Gasteiger partial charge is 0.270 e. The highest BCUT2D eigenvalue weighted by Gasteiger charge is 2.06. The van der Waals surface area contributed by atoms with Crippen molar-refractivity contribution < 1.29 is 9.53 Å². The van der Waals surface area contributed by atoms with E-state index < -0.39 is 0 Å². The molecule has 2 aromatic rings. The van der Waals surface area contributed by atoms with Crippen molar-refractivity contribution in [3.63, 3.8) is 0 Å². The van der Waals surface area contributed by atoms with E-state index in [9.17, 15) is 4.79 Å². The number of carbonyl (C=O) groups is 1. The maximum atomic E-state index is 11.9. The van der Waals surface area contributed by atoms with Crippen LogP contribution < -0.4 is 10.1 Å². The van der Waals surface area contributed by atoms with Crippen molar-refractivity contribution in [1.29, 1.82) is 0 Å². The minimum atomic E-state index is -0.195. The number of benzene rings is 1. The number of halogens is 1. The van der Waals surface area contributed by atoms with Crippen LogP contribution in [-0.2, 0) is 6.54 Å². The van der Waals surface area contributed by atoms with Gasteiger partial charge in [0.25, 0.3) is 5.91 Å². The first kappa shape index (κ1) is 14.5. The quantitative estimate of drug-likeness (QED) is 0.913. The topological polar surface area (TPSA) is 51.2 Å². The molecule has 1 aromatic heterocycles. The highest BCUT2D eigenvalue weighted by atomic mass is 79.9. The monoisotopic (exact) mass is 334 g/mol. The van der Waals surface area contributed by atoms with E-state index in [2.05, 4.69) is 26.2 Å². The summed E-state index contributed by atoms with van der Waals surface area (Å²) in [6.45, 7) is 3.00. The molecule has 2 rings (SSSR count). The first-order valence-electron chi connectivity index (χ1n) is 6.30. The number of nitrogens with zero attached hydrogens (tertiary/aromatic N) is 1. The average Bonchev–Trinajstić information content (AvgIpc) is 2.46. The van der Waals surface area contributed by atoms with Gasteiger partial charge in [-0.2, -0.15) is 0 Å². The van der Waals surface area contributed by atoms with E-state index in [1.54, 1.807) is 18.3 Å². The molecular weight excluding hydrogens is 320 g/mol. The molecule has 0 radical (unpaired) electrons. The molecule has 0 saturated heterocycles. The van der Waals surface area contributed by atoms with E-state index in [0.29, 0.717) is 18.8 Å². The van der Waals surface area contributed by atoms with Gasteiger partial charge in [0.1, 0.15) is 11.4 Å². The largest absolute Gasteiger partial charge is 0.494 e. The van der Waals surface area contributed by atoms with Crippen LogP contribution in [-0.4, -0.2) is 17.5 Å². The Kier molecular flexibility index (Phi) is 5.12. The van der Waals surface area contributed by atoms with Crippen LogP contribution in [0.3, 0.4) is 0 Å². The van der Waals surface area contributed by atoms with Crippen LogP contribution in [0.1, 0.15) is 23.0 Å². The number of carbonyl (C=O) groups excluding carboxylic acids is 1. The van der Waals surface area contributed by atoms with E-state index in [4.69, 9.17) is 4.74 Å². The van der Waals surface area contributed by atoms with Gasteiger partial charge < -0.3 is 10.1 Å². The molecule has 0 unspecified atom stereocenters. The predicted octanol–water partition coefficient (Wildman–Crippen LogP) is 3.17. The van der Waals surface area contributed by atoms with Crippen LogP contribution in [0, 0.1) is 0 Å². The van der Waals surface area contributed by atoms with E-state index in [-0.39, 0.29) is 5.91 Å². The number of aromatic nitrogens is 1. The highest BCUT2D eigenvalue weighted by Crippen LogP contribution is 2.13. The molecule has 20 heavy (non-hydrogen) atoms. The fraction of sp³-hybridized carbons (Fsp3) is 0.200. The Bertz CT molecular complexity index is 585. The first-order chi connectivity index (χ1) is 9.69. The van der Waals surface area contributed by atoms with Crippen molar-refractivity contribution in [1.82, 2.24) is 10.3 Å². The summed E-state index contributed by atoms with van der Waals surface area (Å²) in [5.41, 5.74) is 1.38. The van der Waals surface area contributed by atoms with E-state index >= 15 is 0 Å². The molecule has 0 bridgehead atoms. The number of hydrogen-bond donors (Lipinski definition) is 1. The second-order valence-electron chi connectivity index (χ2n) is 4.12. The Balaban J connectivity index is 1.96. The third-order valence-electron chi connectivity index (χ3n) is 2.62. The molecule has 5 heteroatoms. The molecule has 0 spiro atoms. The Labute approximate surface area is 126 Å². The molecule has 0 atom stereocenters. The molecule has 4 nitrogen and oxygen atoms in total. The lowest BCUT2D eigenvalue weighted by Crippen LogP contribution is -2.23. The molecule has 1 amide bonds. The van der Waals surface area contributed by atoms with Crippen molar-refractivity contribution in [3.05, 3.63) is 58.3 Å². The van der Waals surface area contributed by atoms with Crippen molar-refractivity contribution in [2.45, 2.75) is 13.5 Å². The molecule has 1 heterocycles. The summed E-state index contributed by atoms with van der Waals surface area (Å²) in [5, 5.41) is 2.83. The van der Waals surface area contributed by atoms with Gasteiger partial charge in [0.15, 0.2) is 0 Å². The third-order valence-corrected chi connectivity index (χ3v) is 3.09. The highest BCUT2D eigenvalue weighted by molar-refractivity contribution is 9.10. The van der Waals surface area contributed by atoms with Gasteiger partial charge in [0, 0.05) is 17.2 Å². The number of ether oxygens (including phenoxy) is 1. The maximum Gasteiger partial charge on any atom is 0.270 e. The lowest BCUT2D eigenvalue weighted by molar-refractivity contribution is 0.0946. The van der Waals surface area contributed by atoms with Crippen LogP contribution >= 0.6 is 15.9 Å². The van der Waals surface area contributed by atoms with Gasteiger partial charge in [-0.15, -0.1) is 0 Å². The minimum Gasteiger partial charge on any atom is -0.494 e. The summed E-state index contributed by atoms with van der Waals surface area (Å²) < 4.78 is 6.27. The van der Waals surface area contributed by atoms with E-state index in [0.717, 1.165) is 15.8 Å². The molecule has 1 aromatic carbocycles. The summed E-state index contributed by atoms with van der Waals surface area (Å²) in [6.07, 6.45) is 1.60. The number of rotatable bonds is 5. The van der Waals surface area contributed by atoms with Gasteiger partial charge in [-0.3, -0.25) is 4.79 Å². The van der Waals surface area contributed by atoms with Crippen LogP contribution in [0.15, 0.2) is 47.1 Å².